The lowest BCUT2D eigenvalue weighted by Gasteiger charge is -2.36. The predicted molar refractivity (Wildman–Crippen MR) is 71.6 cm³/mol. The highest BCUT2D eigenvalue weighted by atomic mass is 15.0. The maximum absolute atomic E-state index is 6.00. The van der Waals surface area contributed by atoms with Crippen molar-refractivity contribution in [3.05, 3.63) is 0 Å². The van der Waals surface area contributed by atoms with Gasteiger partial charge in [0.2, 0.25) is 0 Å². The van der Waals surface area contributed by atoms with Gasteiger partial charge in [-0.2, -0.15) is 0 Å². The van der Waals surface area contributed by atoms with Gasteiger partial charge in [-0.25, -0.2) is 0 Å². The molecule has 1 aliphatic rings. The first kappa shape index (κ1) is 14.0. The monoisotopic (exact) mass is 226 g/mol. The molecule has 0 aromatic rings. The number of rotatable bonds is 6. The first-order valence-corrected chi connectivity index (χ1v) is 7.24. The molecule has 0 heterocycles. The zero-order chi connectivity index (χ0) is 11.9. The second-order valence-electron chi connectivity index (χ2n) is 5.42. The molecule has 0 aromatic heterocycles. The van der Waals surface area contributed by atoms with Crippen LogP contribution in [0.15, 0.2) is 0 Å². The molecule has 0 amide bonds. The minimum atomic E-state index is 0.212. The SMILES string of the molecule is CCCC(CC)(CN)NC1CCCCCC1. The third-order valence-corrected chi connectivity index (χ3v) is 4.16. The van der Waals surface area contributed by atoms with Crippen molar-refractivity contribution >= 4 is 0 Å². The van der Waals surface area contributed by atoms with Gasteiger partial charge >= 0.3 is 0 Å². The van der Waals surface area contributed by atoms with E-state index in [-0.39, 0.29) is 5.54 Å². The topological polar surface area (TPSA) is 38.0 Å². The van der Waals surface area contributed by atoms with E-state index in [4.69, 9.17) is 5.73 Å². The second-order valence-corrected chi connectivity index (χ2v) is 5.42. The van der Waals surface area contributed by atoms with Crippen molar-refractivity contribution in [3.8, 4) is 0 Å². The Balaban J connectivity index is 2.51. The Kier molecular flexibility index (Phi) is 6.37. The van der Waals surface area contributed by atoms with Crippen LogP contribution in [0.2, 0.25) is 0 Å². The molecule has 0 bridgehead atoms. The van der Waals surface area contributed by atoms with Crippen LogP contribution < -0.4 is 11.1 Å². The molecule has 2 heteroatoms. The van der Waals surface area contributed by atoms with Gasteiger partial charge in [-0.15, -0.1) is 0 Å². The van der Waals surface area contributed by atoms with Gasteiger partial charge in [0, 0.05) is 18.1 Å². The first-order chi connectivity index (χ1) is 7.76. The number of nitrogens with one attached hydrogen (secondary N) is 1. The molecule has 0 spiro atoms. The molecule has 96 valence electrons. The molecule has 16 heavy (non-hydrogen) atoms. The molecule has 3 N–H and O–H groups in total. The van der Waals surface area contributed by atoms with Crippen molar-refractivity contribution < 1.29 is 0 Å². The van der Waals surface area contributed by atoms with E-state index in [0.717, 1.165) is 19.0 Å². The van der Waals surface area contributed by atoms with Gasteiger partial charge in [-0.1, -0.05) is 46.0 Å². The van der Waals surface area contributed by atoms with Gasteiger partial charge in [0.1, 0.15) is 0 Å². The van der Waals surface area contributed by atoms with Crippen molar-refractivity contribution in [1.29, 1.82) is 0 Å². The highest BCUT2D eigenvalue weighted by molar-refractivity contribution is 4.90. The molecule has 1 saturated carbocycles. The van der Waals surface area contributed by atoms with E-state index in [1.165, 1.54) is 51.4 Å². The fourth-order valence-corrected chi connectivity index (χ4v) is 2.99. The molecule has 1 rings (SSSR count). The van der Waals surface area contributed by atoms with Crippen LogP contribution in [-0.4, -0.2) is 18.1 Å². The van der Waals surface area contributed by atoms with Crippen LogP contribution in [0.5, 0.6) is 0 Å². The molecule has 1 atom stereocenters. The Morgan fingerprint density at radius 3 is 2.19 bits per heavy atom. The Bertz CT molecular complexity index is 168. The summed E-state index contributed by atoms with van der Waals surface area (Å²) in [6.07, 6.45) is 12.0. The minimum absolute atomic E-state index is 0.212. The lowest BCUT2D eigenvalue weighted by Crippen LogP contribution is -2.54. The molecule has 1 aliphatic carbocycles. The molecular formula is C14H30N2. The molecule has 0 saturated heterocycles. The third kappa shape index (κ3) is 4.06. The molecule has 0 aromatic carbocycles. The van der Waals surface area contributed by atoms with E-state index in [1.807, 2.05) is 0 Å². The van der Waals surface area contributed by atoms with Gasteiger partial charge in [-0.3, -0.25) is 0 Å². The van der Waals surface area contributed by atoms with Gasteiger partial charge < -0.3 is 11.1 Å². The molecule has 2 nitrogen and oxygen atoms in total. The number of hydrogen-bond donors (Lipinski definition) is 2. The largest absolute Gasteiger partial charge is 0.329 e. The van der Waals surface area contributed by atoms with E-state index in [9.17, 15) is 0 Å². The van der Waals surface area contributed by atoms with Crippen LogP contribution in [0.25, 0.3) is 0 Å². The number of hydrogen-bond acceptors (Lipinski definition) is 2. The Morgan fingerprint density at radius 2 is 1.75 bits per heavy atom. The van der Waals surface area contributed by atoms with Crippen molar-refractivity contribution in [2.75, 3.05) is 6.54 Å². The van der Waals surface area contributed by atoms with Gasteiger partial charge in [-0.05, 0) is 25.7 Å². The van der Waals surface area contributed by atoms with E-state index >= 15 is 0 Å². The maximum Gasteiger partial charge on any atom is 0.0303 e. The summed E-state index contributed by atoms with van der Waals surface area (Å²) in [6, 6.07) is 0.720. The fraction of sp³-hybridized carbons (Fsp3) is 1.00. The molecule has 1 unspecified atom stereocenters. The minimum Gasteiger partial charge on any atom is -0.329 e. The van der Waals surface area contributed by atoms with Crippen LogP contribution in [0.3, 0.4) is 0 Å². The lowest BCUT2D eigenvalue weighted by molar-refractivity contribution is 0.248. The van der Waals surface area contributed by atoms with Crippen molar-refractivity contribution in [2.45, 2.75) is 83.2 Å². The molecule has 0 radical (unpaired) electrons. The van der Waals surface area contributed by atoms with Gasteiger partial charge in [0.25, 0.3) is 0 Å². The summed E-state index contributed by atoms with van der Waals surface area (Å²) >= 11 is 0. The van der Waals surface area contributed by atoms with Crippen LogP contribution in [0.1, 0.15) is 71.6 Å². The van der Waals surface area contributed by atoms with Gasteiger partial charge in [0.15, 0.2) is 0 Å². The van der Waals surface area contributed by atoms with Crippen LogP contribution in [-0.2, 0) is 0 Å². The smallest absolute Gasteiger partial charge is 0.0303 e. The molecular weight excluding hydrogens is 196 g/mol. The molecule has 1 fully saturated rings. The Hall–Kier alpha value is -0.0800. The quantitative estimate of drug-likeness (QED) is 0.683. The summed E-state index contributed by atoms with van der Waals surface area (Å²) in [6.45, 7) is 5.31. The van der Waals surface area contributed by atoms with E-state index in [2.05, 4.69) is 19.2 Å². The summed E-state index contributed by atoms with van der Waals surface area (Å²) in [5, 5.41) is 3.88. The van der Waals surface area contributed by atoms with Crippen molar-refractivity contribution in [3.63, 3.8) is 0 Å². The summed E-state index contributed by atoms with van der Waals surface area (Å²) in [7, 11) is 0. The average molecular weight is 226 g/mol. The summed E-state index contributed by atoms with van der Waals surface area (Å²) in [5.41, 5.74) is 6.21. The van der Waals surface area contributed by atoms with Crippen LogP contribution in [0.4, 0.5) is 0 Å². The van der Waals surface area contributed by atoms with E-state index in [0.29, 0.717) is 0 Å². The maximum atomic E-state index is 6.00. The van der Waals surface area contributed by atoms with Crippen molar-refractivity contribution in [2.24, 2.45) is 5.73 Å². The summed E-state index contributed by atoms with van der Waals surface area (Å²) < 4.78 is 0. The Labute approximate surface area is 101 Å². The zero-order valence-electron chi connectivity index (χ0n) is 11.2. The highest BCUT2D eigenvalue weighted by Gasteiger charge is 2.28. The standard InChI is InChI=1S/C14H30N2/c1-3-11-14(4-2,12-15)16-13-9-7-5-6-8-10-13/h13,16H,3-12,15H2,1-2H3. The second kappa shape index (κ2) is 7.29. The van der Waals surface area contributed by atoms with E-state index in [1.54, 1.807) is 0 Å². The predicted octanol–water partition coefficient (Wildman–Crippen LogP) is 3.21. The number of nitrogens with two attached hydrogens (primary N) is 1. The summed E-state index contributed by atoms with van der Waals surface area (Å²) in [5.74, 6) is 0. The zero-order valence-corrected chi connectivity index (χ0v) is 11.2. The van der Waals surface area contributed by atoms with Crippen molar-refractivity contribution in [1.82, 2.24) is 5.32 Å². The van der Waals surface area contributed by atoms with Crippen LogP contribution >= 0.6 is 0 Å². The average Bonchev–Trinajstić information content (AvgIpc) is 2.57. The fourth-order valence-electron chi connectivity index (χ4n) is 2.99. The Morgan fingerprint density at radius 1 is 1.12 bits per heavy atom. The first-order valence-electron chi connectivity index (χ1n) is 7.24. The van der Waals surface area contributed by atoms with Gasteiger partial charge in [0.05, 0.1) is 0 Å². The third-order valence-electron chi connectivity index (χ3n) is 4.16. The lowest BCUT2D eigenvalue weighted by atomic mass is 9.88. The normalized spacial score (nSPS) is 22.7. The van der Waals surface area contributed by atoms with Crippen LogP contribution in [0, 0.1) is 0 Å². The highest BCUT2D eigenvalue weighted by Crippen LogP contribution is 2.23. The summed E-state index contributed by atoms with van der Waals surface area (Å²) in [4.78, 5) is 0. The molecule has 0 aliphatic heterocycles. The van der Waals surface area contributed by atoms with E-state index < -0.39 is 0 Å².